The molecule has 0 saturated carbocycles. The lowest BCUT2D eigenvalue weighted by Crippen LogP contribution is -2.25. The number of hydrogen-bond acceptors (Lipinski definition) is 3. The van der Waals surface area contributed by atoms with Gasteiger partial charge in [0.05, 0.1) is 0 Å². The van der Waals surface area contributed by atoms with Gasteiger partial charge in [0, 0.05) is 31.0 Å². The van der Waals surface area contributed by atoms with Gasteiger partial charge >= 0.3 is 5.97 Å². The first-order valence-corrected chi connectivity index (χ1v) is 8.13. The van der Waals surface area contributed by atoms with Crippen molar-refractivity contribution in [3.8, 4) is 0 Å². The van der Waals surface area contributed by atoms with Gasteiger partial charge in [0.15, 0.2) is 0 Å². The first-order valence-electron chi connectivity index (χ1n) is 7.25. The fourth-order valence-electron chi connectivity index (χ4n) is 1.97. The van der Waals surface area contributed by atoms with Crippen LogP contribution in [-0.2, 0) is 16.1 Å². The minimum atomic E-state index is -0.954. The average Bonchev–Trinajstić information content (AvgIpc) is 2.88. The Hall–Kier alpha value is -1.62. The highest BCUT2D eigenvalue weighted by molar-refractivity contribution is 7.11. The lowest BCUT2D eigenvalue weighted by Gasteiger charge is -2.16. The second kappa shape index (κ2) is 9.34. The first kappa shape index (κ1) is 17.4. The fourth-order valence-corrected chi connectivity index (χ4v) is 2.77. The normalized spacial score (nSPS) is 11.0. The summed E-state index contributed by atoms with van der Waals surface area (Å²) in [4.78, 5) is 25.0. The van der Waals surface area contributed by atoms with E-state index < -0.39 is 5.97 Å². The van der Waals surface area contributed by atoms with E-state index in [1.54, 1.807) is 11.0 Å². The summed E-state index contributed by atoms with van der Waals surface area (Å²) in [6.45, 7) is 2.73. The topological polar surface area (TPSA) is 57.6 Å². The van der Waals surface area contributed by atoms with Crippen LogP contribution in [0.15, 0.2) is 17.5 Å². The third-order valence-corrected chi connectivity index (χ3v) is 4.10. The van der Waals surface area contributed by atoms with Gasteiger partial charge in [-0.3, -0.25) is 4.79 Å². The molecule has 1 aromatic heterocycles. The number of aliphatic carboxylic acids is 1. The van der Waals surface area contributed by atoms with Gasteiger partial charge in [-0.1, -0.05) is 26.2 Å². The highest BCUT2D eigenvalue weighted by Gasteiger charge is 2.09. The quantitative estimate of drug-likeness (QED) is 0.558. The van der Waals surface area contributed by atoms with Crippen molar-refractivity contribution in [2.45, 2.75) is 45.6 Å². The number of thiophene rings is 1. The molecule has 0 spiro atoms. The molecule has 4 nitrogen and oxygen atoms in total. The molecule has 21 heavy (non-hydrogen) atoms. The van der Waals surface area contributed by atoms with Gasteiger partial charge in [-0.15, -0.1) is 11.3 Å². The van der Waals surface area contributed by atoms with Gasteiger partial charge in [-0.05, 0) is 29.5 Å². The molecule has 116 valence electrons. The number of unbranched alkanes of at least 4 members (excludes halogenated alkanes) is 3. The van der Waals surface area contributed by atoms with Crippen molar-refractivity contribution in [3.05, 3.63) is 28.0 Å². The third kappa shape index (κ3) is 7.09. The highest BCUT2D eigenvalue weighted by Crippen LogP contribution is 2.18. The van der Waals surface area contributed by atoms with Crippen LogP contribution in [-0.4, -0.2) is 28.9 Å². The molecule has 0 fully saturated rings. The standard InChI is InChI=1S/C16H23NO3S/c1-3-4-5-6-7-15(18)17(2)11-13-10-14(21-12-13)8-9-16(19)20/h8-10,12H,3-7,11H2,1-2H3,(H,19,20)/b9-8+. The molecule has 1 heterocycles. The molecular weight excluding hydrogens is 286 g/mol. The predicted molar refractivity (Wildman–Crippen MR) is 86.2 cm³/mol. The molecule has 0 saturated heterocycles. The summed E-state index contributed by atoms with van der Waals surface area (Å²) in [5, 5.41) is 10.5. The number of carboxylic acid groups (broad SMARTS) is 1. The van der Waals surface area contributed by atoms with E-state index in [1.807, 2.05) is 18.5 Å². The molecule has 0 aliphatic carbocycles. The largest absolute Gasteiger partial charge is 0.478 e. The van der Waals surface area contributed by atoms with Crippen molar-refractivity contribution in [2.75, 3.05) is 7.05 Å². The number of hydrogen-bond donors (Lipinski definition) is 1. The summed E-state index contributed by atoms with van der Waals surface area (Å²) < 4.78 is 0. The fraction of sp³-hybridized carbons (Fsp3) is 0.500. The van der Waals surface area contributed by atoms with Crippen molar-refractivity contribution in [3.63, 3.8) is 0 Å². The molecule has 0 aliphatic rings. The van der Waals surface area contributed by atoms with E-state index >= 15 is 0 Å². The van der Waals surface area contributed by atoms with Crippen LogP contribution in [0.5, 0.6) is 0 Å². The molecule has 1 N–H and O–H groups in total. The number of amides is 1. The SMILES string of the molecule is CCCCCCC(=O)N(C)Cc1csc(/C=C/C(=O)O)c1. The van der Waals surface area contributed by atoms with Gasteiger partial charge in [0.25, 0.3) is 0 Å². The van der Waals surface area contributed by atoms with Crippen molar-refractivity contribution in [1.29, 1.82) is 0 Å². The van der Waals surface area contributed by atoms with Crippen LogP contribution < -0.4 is 0 Å². The van der Waals surface area contributed by atoms with Crippen LogP contribution in [0, 0.1) is 0 Å². The Kier molecular flexibility index (Phi) is 7.75. The summed E-state index contributed by atoms with van der Waals surface area (Å²) in [7, 11) is 1.81. The van der Waals surface area contributed by atoms with Crippen LogP contribution in [0.3, 0.4) is 0 Å². The van der Waals surface area contributed by atoms with Crippen molar-refractivity contribution >= 4 is 29.3 Å². The highest BCUT2D eigenvalue weighted by atomic mass is 32.1. The van der Waals surface area contributed by atoms with Crippen molar-refractivity contribution in [2.24, 2.45) is 0 Å². The zero-order valence-corrected chi connectivity index (χ0v) is 13.5. The summed E-state index contributed by atoms with van der Waals surface area (Å²) in [5.74, 6) is -0.788. The summed E-state index contributed by atoms with van der Waals surface area (Å²) in [6.07, 6.45) is 7.71. The van der Waals surface area contributed by atoms with E-state index in [2.05, 4.69) is 6.92 Å². The molecule has 0 unspecified atom stereocenters. The molecule has 5 heteroatoms. The molecule has 0 radical (unpaired) electrons. The van der Waals surface area contributed by atoms with E-state index in [1.165, 1.54) is 24.2 Å². The van der Waals surface area contributed by atoms with Crippen LogP contribution in [0.1, 0.15) is 49.5 Å². The lowest BCUT2D eigenvalue weighted by atomic mass is 10.1. The Morgan fingerprint density at radius 2 is 2.10 bits per heavy atom. The number of rotatable bonds is 9. The Labute approximate surface area is 130 Å². The van der Waals surface area contributed by atoms with E-state index in [9.17, 15) is 9.59 Å². The third-order valence-electron chi connectivity index (χ3n) is 3.15. The van der Waals surface area contributed by atoms with Gasteiger partial charge in [-0.25, -0.2) is 4.79 Å². The molecule has 1 aromatic rings. The Bertz CT molecular complexity index is 493. The van der Waals surface area contributed by atoms with E-state index in [0.29, 0.717) is 13.0 Å². The van der Waals surface area contributed by atoms with Crippen LogP contribution in [0.25, 0.3) is 6.08 Å². The van der Waals surface area contributed by atoms with Gasteiger partial charge in [-0.2, -0.15) is 0 Å². The van der Waals surface area contributed by atoms with E-state index in [4.69, 9.17) is 5.11 Å². The van der Waals surface area contributed by atoms with Gasteiger partial charge < -0.3 is 10.0 Å². The first-order chi connectivity index (χ1) is 10.0. The van der Waals surface area contributed by atoms with Gasteiger partial charge in [0.2, 0.25) is 5.91 Å². The molecular formula is C16H23NO3S. The average molecular weight is 309 g/mol. The maximum absolute atomic E-state index is 12.0. The molecule has 1 rings (SSSR count). The summed E-state index contributed by atoms with van der Waals surface area (Å²) in [5.41, 5.74) is 1.04. The molecule has 0 atom stereocenters. The summed E-state index contributed by atoms with van der Waals surface area (Å²) in [6, 6.07) is 1.92. The minimum absolute atomic E-state index is 0.167. The molecule has 0 aliphatic heterocycles. The maximum atomic E-state index is 12.0. The van der Waals surface area contributed by atoms with E-state index in [0.717, 1.165) is 29.4 Å². The lowest BCUT2D eigenvalue weighted by molar-refractivity contribution is -0.131. The van der Waals surface area contributed by atoms with E-state index in [-0.39, 0.29) is 5.91 Å². The Balaban J connectivity index is 2.41. The molecule has 0 aromatic carbocycles. The maximum Gasteiger partial charge on any atom is 0.328 e. The smallest absolute Gasteiger partial charge is 0.328 e. The molecule has 0 bridgehead atoms. The second-order valence-electron chi connectivity index (χ2n) is 5.09. The second-order valence-corrected chi connectivity index (χ2v) is 6.03. The number of carbonyl (C=O) groups excluding carboxylic acids is 1. The number of carbonyl (C=O) groups is 2. The van der Waals surface area contributed by atoms with Crippen molar-refractivity contribution < 1.29 is 14.7 Å². The van der Waals surface area contributed by atoms with Crippen LogP contribution >= 0.6 is 11.3 Å². The minimum Gasteiger partial charge on any atom is -0.478 e. The molecule has 1 amide bonds. The monoisotopic (exact) mass is 309 g/mol. The zero-order chi connectivity index (χ0) is 15.7. The van der Waals surface area contributed by atoms with Crippen LogP contribution in [0.4, 0.5) is 0 Å². The van der Waals surface area contributed by atoms with Crippen LogP contribution in [0.2, 0.25) is 0 Å². The summed E-state index contributed by atoms with van der Waals surface area (Å²) >= 11 is 1.48. The number of nitrogens with zero attached hydrogens (tertiary/aromatic N) is 1. The Morgan fingerprint density at radius 3 is 2.76 bits per heavy atom. The van der Waals surface area contributed by atoms with Gasteiger partial charge in [0.1, 0.15) is 0 Å². The van der Waals surface area contributed by atoms with Crippen molar-refractivity contribution in [1.82, 2.24) is 4.90 Å². The zero-order valence-electron chi connectivity index (χ0n) is 12.7. The number of carboxylic acids is 1. The Morgan fingerprint density at radius 1 is 1.33 bits per heavy atom. The predicted octanol–water partition coefficient (Wildman–Crippen LogP) is 3.77.